The van der Waals surface area contributed by atoms with Crippen LogP contribution in [-0.2, 0) is 5.88 Å². The Morgan fingerprint density at radius 1 is 1.18 bits per heavy atom. The molecule has 2 heterocycles. The van der Waals surface area contributed by atoms with Crippen molar-refractivity contribution in [3.63, 3.8) is 0 Å². The zero-order valence-corrected chi connectivity index (χ0v) is 9.80. The van der Waals surface area contributed by atoms with Gasteiger partial charge in [-0.2, -0.15) is 0 Å². The Kier molecular flexibility index (Phi) is 2.53. The summed E-state index contributed by atoms with van der Waals surface area (Å²) in [6.45, 7) is 0. The van der Waals surface area contributed by atoms with Crippen LogP contribution in [0.5, 0.6) is 0 Å². The fourth-order valence-electron chi connectivity index (χ4n) is 1.91. The minimum atomic E-state index is 0.440. The van der Waals surface area contributed by atoms with Crippen LogP contribution in [0, 0.1) is 0 Å². The minimum Gasteiger partial charge on any atom is -0.298 e. The number of rotatable bonds is 2. The number of hydrogen-bond acceptors (Lipinski definition) is 2. The molecule has 84 valence electrons. The SMILES string of the molecule is ClCc1cnccc1-n1cnc2ccccc21. The standard InChI is InChI=1S/C13H10ClN3/c14-7-10-8-15-6-5-12(10)17-9-16-11-3-1-2-4-13(11)17/h1-6,8-9H,7H2. The van der Waals surface area contributed by atoms with E-state index in [0.717, 1.165) is 22.3 Å². The van der Waals surface area contributed by atoms with E-state index in [9.17, 15) is 0 Å². The van der Waals surface area contributed by atoms with Gasteiger partial charge in [0.25, 0.3) is 0 Å². The molecule has 0 saturated heterocycles. The van der Waals surface area contributed by atoms with E-state index in [2.05, 4.69) is 9.97 Å². The maximum absolute atomic E-state index is 5.93. The van der Waals surface area contributed by atoms with Crippen LogP contribution in [0.4, 0.5) is 0 Å². The molecule has 0 spiro atoms. The van der Waals surface area contributed by atoms with Crippen molar-refractivity contribution in [1.29, 1.82) is 0 Å². The molecule has 0 aliphatic rings. The summed E-state index contributed by atoms with van der Waals surface area (Å²) in [6, 6.07) is 9.97. The summed E-state index contributed by atoms with van der Waals surface area (Å²) in [6.07, 6.45) is 5.37. The second-order valence-electron chi connectivity index (χ2n) is 3.74. The average Bonchev–Trinajstić information content (AvgIpc) is 2.82. The summed E-state index contributed by atoms with van der Waals surface area (Å²) >= 11 is 5.93. The maximum atomic E-state index is 5.93. The fraction of sp³-hybridized carbons (Fsp3) is 0.0769. The zero-order chi connectivity index (χ0) is 11.7. The number of benzene rings is 1. The van der Waals surface area contributed by atoms with Crippen LogP contribution in [0.2, 0.25) is 0 Å². The van der Waals surface area contributed by atoms with E-state index in [0.29, 0.717) is 5.88 Å². The number of fused-ring (bicyclic) bond motifs is 1. The van der Waals surface area contributed by atoms with Crippen molar-refractivity contribution in [2.75, 3.05) is 0 Å². The molecule has 0 N–H and O–H groups in total. The number of pyridine rings is 1. The lowest BCUT2D eigenvalue weighted by Gasteiger charge is -2.08. The van der Waals surface area contributed by atoms with Crippen LogP contribution in [0.25, 0.3) is 16.7 Å². The lowest BCUT2D eigenvalue weighted by Crippen LogP contribution is -1.97. The monoisotopic (exact) mass is 243 g/mol. The smallest absolute Gasteiger partial charge is 0.100 e. The van der Waals surface area contributed by atoms with E-state index >= 15 is 0 Å². The van der Waals surface area contributed by atoms with Gasteiger partial charge in [0.15, 0.2) is 0 Å². The van der Waals surface area contributed by atoms with Crippen molar-refractivity contribution in [3.05, 3.63) is 54.6 Å². The molecule has 3 aromatic rings. The van der Waals surface area contributed by atoms with Gasteiger partial charge in [0, 0.05) is 18.0 Å². The van der Waals surface area contributed by atoms with E-state index in [1.165, 1.54) is 0 Å². The number of para-hydroxylation sites is 2. The van der Waals surface area contributed by atoms with Gasteiger partial charge >= 0.3 is 0 Å². The highest BCUT2D eigenvalue weighted by atomic mass is 35.5. The molecule has 0 aliphatic carbocycles. The van der Waals surface area contributed by atoms with Gasteiger partial charge in [-0.1, -0.05) is 12.1 Å². The van der Waals surface area contributed by atoms with Gasteiger partial charge in [0.1, 0.15) is 6.33 Å². The first-order chi connectivity index (χ1) is 8.40. The highest BCUT2D eigenvalue weighted by Crippen LogP contribution is 2.21. The number of aromatic nitrogens is 3. The first-order valence-electron chi connectivity index (χ1n) is 5.31. The number of halogens is 1. The first-order valence-corrected chi connectivity index (χ1v) is 5.85. The lowest BCUT2D eigenvalue weighted by molar-refractivity contribution is 1.05. The Balaban J connectivity index is 2.27. The molecule has 0 saturated carbocycles. The number of nitrogens with zero attached hydrogens (tertiary/aromatic N) is 3. The zero-order valence-electron chi connectivity index (χ0n) is 9.05. The molecular weight excluding hydrogens is 234 g/mol. The summed E-state index contributed by atoms with van der Waals surface area (Å²) in [4.78, 5) is 8.46. The summed E-state index contributed by atoms with van der Waals surface area (Å²) in [7, 11) is 0. The molecular formula is C13H10ClN3. The van der Waals surface area contributed by atoms with Crippen LogP contribution in [0.15, 0.2) is 49.1 Å². The Morgan fingerprint density at radius 2 is 2.06 bits per heavy atom. The second-order valence-corrected chi connectivity index (χ2v) is 4.01. The summed E-state index contributed by atoms with van der Waals surface area (Å²) in [5.41, 5.74) is 4.08. The van der Waals surface area contributed by atoms with Crippen LogP contribution in [-0.4, -0.2) is 14.5 Å². The highest BCUT2D eigenvalue weighted by Gasteiger charge is 2.07. The van der Waals surface area contributed by atoms with Crippen molar-refractivity contribution < 1.29 is 0 Å². The van der Waals surface area contributed by atoms with Gasteiger partial charge in [-0.15, -0.1) is 11.6 Å². The molecule has 0 atom stereocenters. The Morgan fingerprint density at radius 3 is 2.94 bits per heavy atom. The van der Waals surface area contributed by atoms with Crippen LogP contribution in [0.1, 0.15) is 5.56 Å². The third-order valence-electron chi connectivity index (χ3n) is 2.73. The molecule has 0 fully saturated rings. The third kappa shape index (κ3) is 1.68. The maximum Gasteiger partial charge on any atom is 0.100 e. The molecule has 1 aromatic carbocycles. The lowest BCUT2D eigenvalue weighted by atomic mass is 10.2. The van der Waals surface area contributed by atoms with Crippen molar-refractivity contribution >= 4 is 22.6 Å². The van der Waals surface area contributed by atoms with Crippen molar-refractivity contribution in [1.82, 2.24) is 14.5 Å². The number of alkyl halides is 1. The Labute approximate surface area is 104 Å². The van der Waals surface area contributed by atoms with Crippen LogP contribution < -0.4 is 0 Å². The fourth-order valence-corrected chi connectivity index (χ4v) is 2.11. The van der Waals surface area contributed by atoms with Crippen LogP contribution >= 0.6 is 11.6 Å². The molecule has 2 aromatic heterocycles. The Bertz CT molecular complexity index is 660. The normalized spacial score (nSPS) is 10.9. The molecule has 0 amide bonds. The molecule has 3 nitrogen and oxygen atoms in total. The summed E-state index contributed by atoms with van der Waals surface area (Å²) < 4.78 is 2.04. The largest absolute Gasteiger partial charge is 0.298 e. The predicted molar refractivity (Wildman–Crippen MR) is 68.4 cm³/mol. The van der Waals surface area contributed by atoms with Crippen molar-refractivity contribution in [3.8, 4) is 5.69 Å². The van der Waals surface area contributed by atoms with E-state index in [-0.39, 0.29) is 0 Å². The number of imidazole rings is 1. The first kappa shape index (κ1) is 10.3. The molecule has 0 unspecified atom stereocenters. The molecule has 0 radical (unpaired) electrons. The Hall–Kier alpha value is -1.87. The van der Waals surface area contributed by atoms with Gasteiger partial charge in [-0.3, -0.25) is 9.55 Å². The van der Waals surface area contributed by atoms with E-state index in [1.54, 1.807) is 12.4 Å². The van der Waals surface area contributed by atoms with Gasteiger partial charge in [0.05, 0.1) is 22.6 Å². The highest BCUT2D eigenvalue weighted by molar-refractivity contribution is 6.17. The van der Waals surface area contributed by atoms with E-state index < -0.39 is 0 Å². The topological polar surface area (TPSA) is 30.7 Å². The number of hydrogen-bond donors (Lipinski definition) is 0. The molecule has 4 heteroatoms. The van der Waals surface area contributed by atoms with E-state index in [4.69, 9.17) is 11.6 Å². The van der Waals surface area contributed by atoms with Gasteiger partial charge < -0.3 is 0 Å². The van der Waals surface area contributed by atoms with Gasteiger partial charge in [-0.05, 0) is 18.2 Å². The quantitative estimate of drug-likeness (QED) is 0.648. The van der Waals surface area contributed by atoms with Gasteiger partial charge in [0.2, 0.25) is 0 Å². The van der Waals surface area contributed by atoms with Crippen LogP contribution in [0.3, 0.4) is 0 Å². The van der Waals surface area contributed by atoms with Crippen molar-refractivity contribution in [2.24, 2.45) is 0 Å². The molecule has 17 heavy (non-hydrogen) atoms. The summed E-state index contributed by atoms with van der Waals surface area (Å²) in [5, 5.41) is 0. The summed E-state index contributed by atoms with van der Waals surface area (Å²) in [5.74, 6) is 0.440. The second kappa shape index (κ2) is 4.18. The van der Waals surface area contributed by atoms with Gasteiger partial charge in [-0.25, -0.2) is 4.98 Å². The van der Waals surface area contributed by atoms with Crippen molar-refractivity contribution in [2.45, 2.75) is 5.88 Å². The third-order valence-corrected chi connectivity index (χ3v) is 3.02. The predicted octanol–water partition coefficient (Wildman–Crippen LogP) is 3.16. The van der Waals surface area contributed by atoms with E-state index in [1.807, 2.05) is 41.2 Å². The molecule has 0 aliphatic heterocycles. The minimum absolute atomic E-state index is 0.440. The molecule has 0 bridgehead atoms. The molecule has 3 rings (SSSR count). The average molecular weight is 244 g/mol.